The van der Waals surface area contributed by atoms with Crippen molar-refractivity contribution < 1.29 is 0 Å². The summed E-state index contributed by atoms with van der Waals surface area (Å²) in [6.07, 6.45) is 7.26. The molecule has 2 aromatic rings. The lowest BCUT2D eigenvalue weighted by molar-refractivity contribution is 0.645. The molecule has 0 nitrogen and oxygen atoms in total. The summed E-state index contributed by atoms with van der Waals surface area (Å²) in [5.41, 5.74) is 10.3. The minimum Gasteiger partial charge on any atom is -0.100 e. The van der Waals surface area contributed by atoms with Crippen LogP contribution in [0.4, 0.5) is 0 Å². The Bertz CT molecular complexity index is 730. The van der Waals surface area contributed by atoms with E-state index >= 15 is 0 Å². The first-order chi connectivity index (χ1) is 18.1. The molecule has 0 spiro atoms. The minimum absolute atomic E-state index is 0.760. The molecule has 0 fully saturated rings. The molecule has 0 aromatic heterocycles. The molecule has 0 heteroatoms. The largest absolute Gasteiger partial charge is 0.100 e. The second-order valence-electron chi connectivity index (χ2n) is 9.38. The van der Waals surface area contributed by atoms with Crippen LogP contribution < -0.4 is 0 Å². The van der Waals surface area contributed by atoms with Gasteiger partial charge in [-0.15, -0.1) is 6.58 Å². The Hall–Kier alpha value is -1.82. The van der Waals surface area contributed by atoms with Crippen LogP contribution in [-0.4, -0.2) is 0 Å². The van der Waals surface area contributed by atoms with Crippen LogP contribution in [0, 0.1) is 19.8 Å². The highest BCUT2D eigenvalue weighted by Crippen LogP contribution is 2.21. The summed E-state index contributed by atoms with van der Waals surface area (Å²) in [4.78, 5) is 0. The fourth-order valence-electron chi connectivity index (χ4n) is 3.52. The van der Waals surface area contributed by atoms with Crippen molar-refractivity contribution in [3.8, 4) is 0 Å². The fraction of sp³-hybridized carbons (Fsp3) is 0.632. The Morgan fingerprint density at radius 1 is 0.684 bits per heavy atom. The van der Waals surface area contributed by atoms with E-state index in [0.29, 0.717) is 0 Å². The summed E-state index contributed by atoms with van der Waals surface area (Å²) in [5.74, 6) is 0.760. The molecule has 0 N–H and O–H groups in total. The van der Waals surface area contributed by atoms with Gasteiger partial charge in [0.15, 0.2) is 0 Å². The Kier molecular flexibility index (Phi) is 42.6. The topological polar surface area (TPSA) is 0 Å². The highest BCUT2D eigenvalue weighted by Gasteiger charge is 2.06. The van der Waals surface area contributed by atoms with Crippen molar-refractivity contribution in [1.82, 2.24) is 0 Å². The Morgan fingerprint density at radius 2 is 1.11 bits per heavy atom. The van der Waals surface area contributed by atoms with Gasteiger partial charge < -0.3 is 0 Å². The van der Waals surface area contributed by atoms with Crippen molar-refractivity contribution in [2.75, 3.05) is 0 Å². The first-order valence-corrected chi connectivity index (χ1v) is 15.9. The summed E-state index contributed by atoms with van der Waals surface area (Å²) in [5, 5.41) is 0. The quantitative estimate of drug-likeness (QED) is 0.327. The number of aryl methyl sites for hydroxylation is 3. The molecule has 2 aromatic carbocycles. The van der Waals surface area contributed by atoms with Gasteiger partial charge in [-0.3, -0.25) is 0 Å². The van der Waals surface area contributed by atoms with Gasteiger partial charge in [0.2, 0.25) is 0 Å². The van der Waals surface area contributed by atoms with E-state index in [9.17, 15) is 0 Å². The Balaban J connectivity index is -0.000000134. The summed E-state index contributed by atoms with van der Waals surface area (Å²) in [7, 11) is 0. The standard InChI is InChI=1S/C14H22.C11H16.C4H8.C3H8.3C2H6/c1-5-8-13-10-9-12(6-2)11(4)14(13)7-3;1-9(2)8-11-7-5-4-6-10(11)3;1-4(2)3;1-3-2;3*1-2/h9-10H,5-8H2,1-4H3;4-7,9H,8H2,1-3H3;1H2,2-3H3;3H2,1-2H3;3*1-2H3. The summed E-state index contributed by atoms with van der Waals surface area (Å²) >= 11 is 0. The molecular formula is C38H72. The lowest BCUT2D eigenvalue weighted by Crippen LogP contribution is -1.99. The molecule has 0 bridgehead atoms. The van der Waals surface area contributed by atoms with E-state index in [1.807, 2.05) is 55.4 Å². The average Bonchev–Trinajstić information content (AvgIpc) is 2.90. The van der Waals surface area contributed by atoms with Gasteiger partial charge in [0.05, 0.1) is 0 Å². The van der Waals surface area contributed by atoms with Crippen LogP contribution in [0.1, 0.15) is 150 Å². The predicted molar refractivity (Wildman–Crippen MR) is 184 cm³/mol. The third-order valence-corrected chi connectivity index (χ3v) is 4.95. The van der Waals surface area contributed by atoms with E-state index in [0.717, 1.165) is 12.3 Å². The summed E-state index contributed by atoms with van der Waals surface area (Å²) in [6, 6.07) is 13.2. The van der Waals surface area contributed by atoms with E-state index in [2.05, 4.69) is 105 Å². The summed E-state index contributed by atoms with van der Waals surface area (Å²) < 4.78 is 0. The monoisotopic (exact) mass is 529 g/mol. The molecule has 38 heavy (non-hydrogen) atoms. The van der Waals surface area contributed by atoms with Crippen LogP contribution in [0.25, 0.3) is 0 Å². The second kappa shape index (κ2) is 35.2. The van der Waals surface area contributed by atoms with E-state index in [-0.39, 0.29) is 0 Å². The van der Waals surface area contributed by atoms with Crippen molar-refractivity contribution in [3.05, 3.63) is 81.9 Å². The molecule has 0 heterocycles. The van der Waals surface area contributed by atoms with Crippen LogP contribution in [0.15, 0.2) is 48.6 Å². The van der Waals surface area contributed by atoms with Crippen LogP contribution in [0.2, 0.25) is 0 Å². The Morgan fingerprint density at radius 3 is 1.45 bits per heavy atom. The highest BCUT2D eigenvalue weighted by molar-refractivity contribution is 5.40. The molecule has 0 atom stereocenters. The zero-order chi connectivity index (χ0) is 31.1. The third kappa shape index (κ3) is 27.2. The van der Waals surface area contributed by atoms with E-state index in [4.69, 9.17) is 0 Å². The smallest absolute Gasteiger partial charge is 0.0253 e. The number of hydrogen-bond acceptors (Lipinski definition) is 0. The van der Waals surface area contributed by atoms with E-state index < -0.39 is 0 Å². The number of allylic oxidation sites excluding steroid dienone is 1. The molecule has 0 aliphatic carbocycles. The Labute approximate surface area is 243 Å². The highest BCUT2D eigenvalue weighted by atomic mass is 14.1. The zero-order valence-corrected chi connectivity index (χ0v) is 29.5. The van der Waals surface area contributed by atoms with Gasteiger partial charge in [-0.1, -0.05) is 145 Å². The lowest BCUT2D eigenvalue weighted by atomic mass is 9.92. The van der Waals surface area contributed by atoms with Crippen molar-refractivity contribution in [1.29, 1.82) is 0 Å². The predicted octanol–water partition coefficient (Wildman–Crippen LogP) is 13.3. The van der Waals surface area contributed by atoms with Crippen LogP contribution >= 0.6 is 0 Å². The molecule has 0 unspecified atom stereocenters. The molecule has 2 rings (SSSR count). The van der Waals surface area contributed by atoms with Gasteiger partial charge in [0.1, 0.15) is 0 Å². The molecular weight excluding hydrogens is 456 g/mol. The lowest BCUT2D eigenvalue weighted by Gasteiger charge is -2.14. The van der Waals surface area contributed by atoms with Crippen molar-refractivity contribution in [2.45, 2.75) is 156 Å². The van der Waals surface area contributed by atoms with Crippen LogP contribution in [0.5, 0.6) is 0 Å². The minimum atomic E-state index is 0.760. The molecule has 224 valence electrons. The van der Waals surface area contributed by atoms with Gasteiger partial charge in [0, 0.05) is 0 Å². The van der Waals surface area contributed by atoms with Crippen LogP contribution in [-0.2, 0) is 25.7 Å². The number of hydrogen-bond donors (Lipinski definition) is 0. The molecule has 0 saturated heterocycles. The van der Waals surface area contributed by atoms with Gasteiger partial charge in [-0.05, 0) is 92.7 Å². The first-order valence-electron chi connectivity index (χ1n) is 15.9. The van der Waals surface area contributed by atoms with Crippen molar-refractivity contribution in [3.63, 3.8) is 0 Å². The average molecular weight is 529 g/mol. The molecule has 0 radical (unpaired) electrons. The third-order valence-electron chi connectivity index (χ3n) is 4.95. The molecule has 0 aliphatic heterocycles. The fourth-order valence-corrected chi connectivity index (χ4v) is 3.52. The van der Waals surface area contributed by atoms with Crippen LogP contribution in [0.3, 0.4) is 0 Å². The van der Waals surface area contributed by atoms with Gasteiger partial charge in [0.25, 0.3) is 0 Å². The molecule has 0 saturated carbocycles. The van der Waals surface area contributed by atoms with E-state index in [1.54, 1.807) is 11.1 Å². The van der Waals surface area contributed by atoms with Crippen molar-refractivity contribution in [2.24, 2.45) is 5.92 Å². The normalized spacial score (nSPS) is 8.58. The van der Waals surface area contributed by atoms with Gasteiger partial charge in [-0.2, -0.15) is 0 Å². The maximum Gasteiger partial charge on any atom is -0.0253 e. The maximum atomic E-state index is 3.56. The van der Waals surface area contributed by atoms with Gasteiger partial charge >= 0.3 is 0 Å². The second-order valence-corrected chi connectivity index (χ2v) is 9.38. The molecule has 0 amide bonds. The van der Waals surface area contributed by atoms with Crippen molar-refractivity contribution >= 4 is 0 Å². The maximum absolute atomic E-state index is 3.56. The SMILES string of the molecule is C=C(C)C.CC.CC.CC.CCC.CCCc1ccc(CC)c(C)c1CC.Cc1ccccc1CC(C)C. The summed E-state index contributed by atoms with van der Waals surface area (Å²) in [6.45, 7) is 39.5. The number of rotatable bonds is 6. The first kappa shape index (κ1) is 46.1. The van der Waals surface area contributed by atoms with Gasteiger partial charge in [-0.25, -0.2) is 0 Å². The van der Waals surface area contributed by atoms with E-state index in [1.165, 1.54) is 59.9 Å². The molecule has 0 aliphatic rings. The number of benzene rings is 2. The zero-order valence-electron chi connectivity index (χ0n) is 29.5.